The predicted molar refractivity (Wildman–Crippen MR) is 118 cm³/mol. The van der Waals surface area contributed by atoms with Gasteiger partial charge in [0.2, 0.25) is 0 Å². The molecule has 1 saturated heterocycles. The minimum absolute atomic E-state index is 0.160. The largest absolute Gasteiger partial charge is 0.466 e. The molecular weight excluding hydrogens is 402 g/mol. The van der Waals surface area contributed by atoms with E-state index < -0.39 is 0 Å². The number of hydrogen-bond acceptors (Lipinski definition) is 7. The third-order valence-corrected chi connectivity index (χ3v) is 5.27. The Morgan fingerprint density at radius 3 is 2.87 bits per heavy atom. The molecule has 0 radical (unpaired) electrons. The maximum Gasteiger partial charge on any atom is 0.305 e. The Balaban J connectivity index is 1.41. The van der Waals surface area contributed by atoms with Crippen molar-refractivity contribution in [3.63, 3.8) is 0 Å². The highest BCUT2D eigenvalue weighted by Crippen LogP contribution is 2.17. The van der Waals surface area contributed by atoms with Gasteiger partial charge in [-0.2, -0.15) is 4.98 Å². The van der Waals surface area contributed by atoms with Gasteiger partial charge in [-0.25, -0.2) is 0 Å². The fourth-order valence-corrected chi connectivity index (χ4v) is 3.61. The Morgan fingerprint density at radius 2 is 2.07 bits per heavy atom. The molecule has 30 heavy (non-hydrogen) atoms. The molecule has 0 amide bonds. The Morgan fingerprint density at radius 1 is 1.23 bits per heavy atom. The highest BCUT2D eigenvalue weighted by Gasteiger charge is 2.19. The molecule has 1 aliphatic rings. The van der Waals surface area contributed by atoms with Gasteiger partial charge in [-0.1, -0.05) is 23.4 Å². The van der Waals surface area contributed by atoms with Crippen molar-refractivity contribution in [2.75, 3.05) is 39.3 Å². The van der Waals surface area contributed by atoms with E-state index in [2.05, 4.69) is 25.3 Å². The second kappa shape index (κ2) is 11.6. The molecule has 0 atom stereocenters. The molecule has 0 spiro atoms. The number of benzene rings is 1. The van der Waals surface area contributed by atoms with Gasteiger partial charge in [-0.05, 0) is 44.1 Å². The monoisotopic (exact) mass is 431 g/mol. The number of nitrogens with zero attached hydrogens (tertiary/aromatic N) is 4. The van der Waals surface area contributed by atoms with Gasteiger partial charge in [-0.15, -0.1) is 0 Å². The maximum absolute atomic E-state index is 11.4. The van der Waals surface area contributed by atoms with Crippen LogP contribution >= 0.6 is 12.2 Å². The summed E-state index contributed by atoms with van der Waals surface area (Å²) in [7, 11) is 0. The lowest BCUT2D eigenvalue weighted by molar-refractivity contribution is -0.143. The van der Waals surface area contributed by atoms with Gasteiger partial charge in [0, 0.05) is 44.7 Å². The summed E-state index contributed by atoms with van der Waals surface area (Å²) < 4.78 is 10.3. The lowest BCUT2D eigenvalue weighted by atomic mass is 10.2. The molecule has 2 aromatic rings. The molecular formula is C21H29N5O3S. The molecule has 0 bridgehead atoms. The Labute approximate surface area is 182 Å². The van der Waals surface area contributed by atoms with Gasteiger partial charge in [0.05, 0.1) is 13.2 Å². The molecule has 0 saturated carbocycles. The van der Waals surface area contributed by atoms with Gasteiger partial charge in [0.1, 0.15) is 0 Å². The molecule has 1 aromatic heterocycles. The summed E-state index contributed by atoms with van der Waals surface area (Å²) >= 11 is 5.53. The van der Waals surface area contributed by atoms with E-state index in [4.69, 9.17) is 21.5 Å². The Hall–Kier alpha value is -2.52. The smallest absolute Gasteiger partial charge is 0.305 e. The van der Waals surface area contributed by atoms with E-state index in [1.807, 2.05) is 37.3 Å². The number of carbonyl (C=O) groups is 1. The summed E-state index contributed by atoms with van der Waals surface area (Å²) in [5, 5.41) is 8.13. The van der Waals surface area contributed by atoms with Crippen LogP contribution < -0.4 is 5.32 Å². The van der Waals surface area contributed by atoms with E-state index in [0.717, 1.165) is 43.3 Å². The molecule has 1 N–H and O–H groups in total. The summed E-state index contributed by atoms with van der Waals surface area (Å²) in [6, 6.07) is 9.79. The summed E-state index contributed by atoms with van der Waals surface area (Å²) in [4.78, 5) is 20.4. The minimum atomic E-state index is -0.160. The number of hydrogen-bond donors (Lipinski definition) is 1. The second-order valence-corrected chi connectivity index (χ2v) is 7.53. The van der Waals surface area contributed by atoms with Crippen LogP contribution in [0.1, 0.15) is 32.0 Å². The van der Waals surface area contributed by atoms with E-state index in [1.165, 1.54) is 0 Å². The van der Waals surface area contributed by atoms with Gasteiger partial charge in [-0.3, -0.25) is 9.69 Å². The van der Waals surface area contributed by atoms with Crippen LogP contribution in [0.25, 0.3) is 11.5 Å². The molecule has 1 fully saturated rings. The van der Waals surface area contributed by atoms with Crippen molar-refractivity contribution in [3.05, 3.63) is 36.2 Å². The van der Waals surface area contributed by atoms with Crippen LogP contribution in [0.15, 0.2) is 34.9 Å². The van der Waals surface area contributed by atoms with Crippen molar-refractivity contribution < 1.29 is 14.1 Å². The molecule has 1 aromatic carbocycles. The van der Waals surface area contributed by atoms with Gasteiger partial charge < -0.3 is 19.5 Å². The lowest BCUT2D eigenvalue weighted by Crippen LogP contribution is -2.42. The van der Waals surface area contributed by atoms with Crippen molar-refractivity contribution in [1.29, 1.82) is 0 Å². The van der Waals surface area contributed by atoms with Crippen LogP contribution in [-0.4, -0.2) is 70.4 Å². The zero-order valence-corrected chi connectivity index (χ0v) is 18.2. The zero-order valence-electron chi connectivity index (χ0n) is 17.4. The van der Waals surface area contributed by atoms with Crippen LogP contribution in [0.4, 0.5) is 0 Å². The van der Waals surface area contributed by atoms with E-state index in [9.17, 15) is 4.79 Å². The van der Waals surface area contributed by atoms with Crippen LogP contribution in [0, 0.1) is 0 Å². The average Bonchev–Trinajstić information content (AvgIpc) is 3.09. The first kappa shape index (κ1) is 22.2. The summed E-state index contributed by atoms with van der Waals surface area (Å²) in [5.74, 6) is 1.09. The van der Waals surface area contributed by atoms with Gasteiger partial charge in [0.15, 0.2) is 10.9 Å². The predicted octanol–water partition coefficient (Wildman–Crippen LogP) is 2.46. The van der Waals surface area contributed by atoms with E-state index in [-0.39, 0.29) is 5.97 Å². The molecule has 3 rings (SSSR count). The topological polar surface area (TPSA) is 83.7 Å². The zero-order chi connectivity index (χ0) is 21.2. The quantitative estimate of drug-likeness (QED) is 0.385. The third kappa shape index (κ3) is 6.77. The first-order chi connectivity index (χ1) is 14.7. The number of ether oxygens (including phenoxy) is 1. The van der Waals surface area contributed by atoms with Gasteiger partial charge >= 0.3 is 5.97 Å². The number of nitrogens with one attached hydrogen (secondary N) is 1. The van der Waals surface area contributed by atoms with Crippen molar-refractivity contribution in [3.8, 4) is 11.5 Å². The fourth-order valence-electron chi connectivity index (χ4n) is 3.32. The Bertz CT molecular complexity index is 814. The third-order valence-electron chi connectivity index (χ3n) is 4.87. The molecule has 1 aliphatic heterocycles. The van der Waals surface area contributed by atoms with Crippen LogP contribution in [0.2, 0.25) is 0 Å². The Kier molecular flexibility index (Phi) is 8.58. The lowest BCUT2D eigenvalue weighted by Gasteiger charge is -2.24. The molecule has 8 nitrogen and oxygen atoms in total. The minimum Gasteiger partial charge on any atom is -0.466 e. The van der Waals surface area contributed by atoms with E-state index >= 15 is 0 Å². The second-order valence-electron chi connectivity index (χ2n) is 7.14. The van der Waals surface area contributed by atoms with E-state index in [0.29, 0.717) is 44.3 Å². The first-order valence-corrected chi connectivity index (χ1v) is 10.9. The summed E-state index contributed by atoms with van der Waals surface area (Å²) in [6.07, 6.45) is 2.13. The van der Waals surface area contributed by atoms with Crippen molar-refractivity contribution in [2.45, 2.75) is 32.7 Å². The van der Waals surface area contributed by atoms with Crippen LogP contribution in [0.3, 0.4) is 0 Å². The van der Waals surface area contributed by atoms with Crippen LogP contribution in [0.5, 0.6) is 0 Å². The fraction of sp³-hybridized carbons (Fsp3) is 0.524. The number of thiocarbonyl (C=S) groups is 1. The van der Waals surface area contributed by atoms with Crippen molar-refractivity contribution in [1.82, 2.24) is 25.3 Å². The summed E-state index contributed by atoms with van der Waals surface area (Å²) in [6.45, 7) is 7.14. The normalized spacial score (nSPS) is 14.9. The number of rotatable bonds is 8. The average molecular weight is 432 g/mol. The molecule has 162 valence electrons. The first-order valence-electron chi connectivity index (χ1n) is 10.4. The molecule has 0 aliphatic carbocycles. The molecule has 0 unspecified atom stereocenters. The maximum atomic E-state index is 11.4. The van der Waals surface area contributed by atoms with Crippen LogP contribution in [-0.2, 0) is 16.1 Å². The highest BCUT2D eigenvalue weighted by atomic mass is 32.1. The standard InChI is InChI=1S/C21H29N5O3S/c1-2-28-19(27)10-6-11-22-21(30)26-13-7-12-25(14-15-26)16-18-23-20(29-24-18)17-8-4-3-5-9-17/h3-5,8-9H,2,6-7,10-16H2,1H3,(H,22,30). The number of carbonyl (C=O) groups excluding carboxylic acids is 1. The van der Waals surface area contributed by atoms with Gasteiger partial charge in [0.25, 0.3) is 5.89 Å². The highest BCUT2D eigenvalue weighted by molar-refractivity contribution is 7.80. The number of aromatic nitrogens is 2. The molecule has 2 heterocycles. The van der Waals surface area contributed by atoms with Crippen molar-refractivity contribution in [2.24, 2.45) is 0 Å². The van der Waals surface area contributed by atoms with E-state index in [1.54, 1.807) is 0 Å². The number of esters is 1. The SMILES string of the molecule is CCOC(=O)CCCNC(=S)N1CCCN(Cc2noc(-c3ccccc3)n2)CC1. The molecule has 9 heteroatoms. The summed E-state index contributed by atoms with van der Waals surface area (Å²) in [5.41, 5.74) is 0.928. The van der Waals surface area contributed by atoms with Crippen molar-refractivity contribution >= 4 is 23.3 Å².